The van der Waals surface area contributed by atoms with Crippen LogP contribution in [0.1, 0.15) is 31.2 Å². The molecule has 0 saturated heterocycles. The standard InChI is InChI=1S/C12H15FO3/c1-3-8(7-11(15)16-2)9-5-4-6-10(14)12(9)13/h4-6,8,14H,3,7H2,1-2H3. The van der Waals surface area contributed by atoms with E-state index in [2.05, 4.69) is 4.74 Å². The van der Waals surface area contributed by atoms with E-state index < -0.39 is 5.82 Å². The molecule has 1 unspecified atom stereocenters. The molecule has 0 fully saturated rings. The topological polar surface area (TPSA) is 46.5 Å². The van der Waals surface area contributed by atoms with Crippen molar-refractivity contribution in [3.8, 4) is 5.75 Å². The van der Waals surface area contributed by atoms with E-state index in [4.69, 9.17) is 0 Å². The van der Waals surface area contributed by atoms with Crippen molar-refractivity contribution in [1.82, 2.24) is 0 Å². The molecule has 3 nitrogen and oxygen atoms in total. The predicted molar refractivity (Wildman–Crippen MR) is 57.7 cm³/mol. The minimum atomic E-state index is -0.654. The van der Waals surface area contributed by atoms with Gasteiger partial charge in [0.2, 0.25) is 0 Å². The molecule has 0 aromatic heterocycles. The number of hydrogen-bond acceptors (Lipinski definition) is 3. The number of halogens is 1. The fourth-order valence-corrected chi connectivity index (χ4v) is 1.61. The second-order valence-corrected chi connectivity index (χ2v) is 3.57. The van der Waals surface area contributed by atoms with Crippen LogP contribution in [0, 0.1) is 5.82 Å². The zero-order valence-corrected chi connectivity index (χ0v) is 9.37. The van der Waals surface area contributed by atoms with Crippen molar-refractivity contribution in [3.63, 3.8) is 0 Å². The first-order valence-electron chi connectivity index (χ1n) is 5.14. The van der Waals surface area contributed by atoms with Gasteiger partial charge in [0.1, 0.15) is 0 Å². The number of esters is 1. The molecule has 4 heteroatoms. The molecule has 0 aliphatic carbocycles. The average Bonchev–Trinajstić information content (AvgIpc) is 2.29. The van der Waals surface area contributed by atoms with Gasteiger partial charge >= 0.3 is 5.97 Å². The second-order valence-electron chi connectivity index (χ2n) is 3.57. The molecule has 1 aromatic carbocycles. The Balaban J connectivity index is 2.95. The molecule has 88 valence electrons. The van der Waals surface area contributed by atoms with Gasteiger partial charge in [-0.05, 0) is 24.0 Å². The van der Waals surface area contributed by atoms with Gasteiger partial charge in [-0.1, -0.05) is 19.1 Å². The molecule has 1 N–H and O–H groups in total. The number of ether oxygens (including phenoxy) is 1. The maximum absolute atomic E-state index is 13.6. The van der Waals surface area contributed by atoms with Gasteiger partial charge in [0.05, 0.1) is 13.5 Å². The van der Waals surface area contributed by atoms with Crippen LogP contribution in [0.15, 0.2) is 18.2 Å². The number of aromatic hydroxyl groups is 1. The van der Waals surface area contributed by atoms with Gasteiger partial charge in [0, 0.05) is 0 Å². The van der Waals surface area contributed by atoms with Gasteiger partial charge in [-0.2, -0.15) is 0 Å². The summed E-state index contributed by atoms with van der Waals surface area (Å²) in [6, 6.07) is 4.42. The summed E-state index contributed by atoms with van der Waals surface area (Å²) in [7, 11) is 1.30. The Hall–Kier alpha value is -1.58. The second kappa shape index (κ2) is 5.49. The minimum Gasteiger partial charge on any atom is -0.505 e. The maximum atomic E-state index is 13.6. The summed E-state index contributed by atoms with van der Waals surface area (Å²) in [4.78, 5) is 11.1. The lowest BCUT2D eigenvalue weighted by molar-refractivity contribution is -0.141. The maximum Gasteiger partial charge on any atom is 0.306 e. The zero-order valence-electron chi connectivity index (χ0n) is 9.37. The number of carbonyl (C=O) groups is 1. The molecule has 1 atom stereocenters. The number of methoxy groups -OCH3 is 1. The Labute approximate surface area is 93.9 Å². The van der Waals surface area contributed by atoms with Gasteiger partial charge in [-0.25, -0.2) is 4.39 Å². The van der Waals surface area contributed by atoms with Crippen LogP contribution in [-0.4, -0.2) is 18.2 Å². The SMILES string of the molecule is CCC(CC(=O)OC)c1cccc(O)c1F. The summed E-state index contributed by atoms with van der Waals surface area (Å²) >= 11 is 0. The summed E-state index contributed by atoms with van der Waals surface area (Å²) in [5, 5.41) is 9.24. The molecule has 1 rings (SSSR count). The van der Waals surface area contributed by atoms with E-state index in [1.54, 1.807) is 12.1 Å². The van der Waals surface area contributed by atoms with Crippen LogP contribution in [0.3, 0.4) is 0 Å². The Morgan fingerprint density at radius 2 is 2.25 bits per heavy atom. The lowest BCUT2D eigenvalue weighted by atomic mass is 9.92. The van der Waals surface area contributed by atoms with E-state index >= 15 is 0 Å². The van der Waals surface area contributed by atoms with Crippen LogP contribution in [-0.2, 0) is 9.53 Å². The Bertz CT molecular complexity index is 377. The van der Waals surface area contributed by atoms with E-state index in [1.807, 2.05) is 6.92 Å². The molecule has 0 saturated carbocycles. The largest absolute Gasteiger partial charge is 0.505 e. The van der Waals surface area contributed by atoms with Gasteiger partial charge in [-0.3, -0.25) is 4.79 Å². The van der Waals surface area contributed by atoms with Crippen LogP contribution in [0.5, 0.6) is 5.75 Å². The highest BCUT2D eigenvalue weighted by molar-refractivity contribution is 5.70. The van der Waals surface area contributed by atoms with Crippen molar-refractivity contribution in [3.05, 3.63) is 29.6 Å². The number of hydrogen-bond donors (Lipinski definition) is 1. The van der Waals surface area contributed by atoms with Crippen LogP contribution in [0.2, 0.25) is 0 Å². The summed E-state index contributed by atoms with van der Waals surface area (Å²) < 4.78 is 18.1. The van der Waals surface area contributed by atoms with E-state index in [0.29, 0.717) is 12.0 Å². The Morgan fingerprint density at radius 1 is 1.56 bits per heavy atom. The lowest BCUT2D eigenvalue weighted by Gasteiger charge is -2.15. The highest BCUT2D eigenvalue weighted by atomic mass is 19.1. The number of carbonyl (C=O) groups excluding carboxylic acids is 1. The molecule has 0 aliphatic rings. The first-order valence-corrected chi connectivity index (χ1v) is 5.14. The van der Waals surface area contributed by atoms with Crippen molar-refractivity contribution in [2.75, 3.05) is 7.11 Å². The van der Waals surface area contributed by atoms with Crippen molar-refractivity contribution < 1.29 is 19.0 Å². The monoisotopic (exact) mass is 226 g/mol. The third kappa shape index (κ3) is 2.72. The van der Waals surface area contributed by atoms with Crippen molar-refractivity contribution >= 4 is 5.97 Å². The van der Waals surface area contributed by atoms with E-state index in [9.17, 15) is 14.3 Å². The first kappa shape index (κ1) is 12.5. The van der Waals surface area contributed by atoms with E-state index in [-0.39, 0.29) is 24.1 Å². The third-order valence-electron chi connectivity index (χ3n) is 2.58. The molecule has 0 spiro atoms. The average molecular weight is 226 g/mol. The molecule has 0 bridgehead atoms. The molecular formula is C12H15FO3. The van der Waals surface area contributed by atoms with Crippen LogP contribution >= 0.6 is 0 Å². The zero-order chi connectivity index (χ0) is 12.1. The molecule has 0 amide bonds. The Morgan fingerprint density at radius 3 is 2.81 bits per heavy atom. The van der Waals surface area contributed by atoms with Crippen molar-refractivity contribution in [1.29, 1.82) is 0 Å². The minimum absolute atomic E-state index is 0.118. The highest BCUT2D eigenvalue weighted by Crippen LogP contribution is 2.30. The molecule has 0 heterocycles. The summed E-state index contributed by atoms with van der Waals surface area (Å²) in [5.74, 6) is -1.69. The molecular weight excluding hydrogens is 211 g/mol. The van der Waals surface area contributed by atoms with Crippen LogP contribution in [0.25, 0.3) is 0 Å². The lowest BCUT2D eigenvalue weighted by Crippen LogP contribution is -2.09. The van der Waals surface area contributed by atoms with E-state index in [1.165, 1.54) is 13.2 Å². The summed E-state index contributed by atoms with van der Waals surface area (Å²) in [6.07, 6.45) is 0.725. The van der Waals surface area contributed by atoms with Gasteiger partial charge in [0.25, 0.3) is 0 Å². The van der Waals surface area contributed by atoms with Gasteiger partial charge < -0.3 is 9.84 Å². The number of benzene rings is 1. The van der Waals surface area contributed by atoms with Crippen molar-refractivity contribution in [2.24, 2.45) is 0 Å². The van der Waals surface area contributed by atoms with Crippen LogP contribution in [0.4, 0.5) is 4.39 Å². The molecule has 0 aliphatic heterocycles. The van der Waals surface area contributed by atoms with Crippen molar-refractivity contribution in [2.45, 2.75) is 25.7 Å². The first-order chi connectivity index (χ1) is 7.60. The number of phenols is 1. The predicted octanol–water partition coefficient (Wildman–Crippen LogP) is 2.59. The van der Waals surface area contributed by atoms with Gasteiger partial charge in [0.15, 0.2) is 11.6 Å². The van der Waals surface area contributed by atoms with E-state index in [0.717, 1.165) is 0 Å². The molecule has 0 radical (unpaired) electrons. The Kier molecular flexibility index (Phi) is 4.28. The van der Waals surface area contributed by atoms with Crippen LogP contribution < -0.4 is 0 Å². The number of phenolic OH excluding ortho intramolecular Hbond substituents is 1. The third-order valence-corrected chi connectivity index (χ3v) is 2.58. The molecule has 1 aromatic rings. The fourth-order valence-electron chi connectivity index (χ4n) is 1.61. The normalized spacial score (nSPS) is 12.2. The number of rotatable bonds is 4. The summed E-state index contributed by atoms with van der Waals surface area (Å²) in [6.45, 7) is 1.86. The highest BCUT2D eigenvalue weighted by Gasteiger charge is 2.19. The molecule has 16 heavy (non-hydrogen) atoms. The van der Waals surface area contributed by atoms with Gasteiger partial charge in [-0.15, -0.1) is 0 Å². The smallest absolute Gasteiger partial charge is 0.306 e. The quantitative estimate of drug-likeness (QED) is 0.802. The fraction of sp³-hybridized carbons (Fsp3) is 0.417. The summed E-state index contributed by atoms with van der Waals surface area (Å²) in [5.41, 5.74) is 0.355.